The van der Waals surface area contributed by atoms with Crippen LogP contribution < -0.4 is 4.90 Å². The summed E-state index contributed by atoms with van der Waals surface area (Å²) in [4.78, 5) is 6.56. The molecule has 0 amide bonds. The molecule has 0 aromatic carbocycles. The van der Waals surface area contributed by atoms with Crippen LogP contribution in [0.2, 0.25) is 0 Å². The first kappa shape index (κ1) is 13.3. The van der Waals surface area contributed by atoms with Crippen LogP contribution in [0.4, 0.5) is 5.82 Å². The van der Waals surface area contributed by atoms with Gasteiger partial charge in [0.05, 0.1) is 6.61 Å². The molecule has 0 spiro atoms. The second-order valence-corrected chi connectivity index (χ2v) is 4.72. The van der Waals surface area contributed by atoms with Crippen molar-refractivity contribution in [1.82, 2.24) is 4.98 Å². The minimum Gasteiger partial charge on any atom is -0.392 e. The molecule has 0 radical (unpaired) electrons. The highest BCUT2D eigenvalue weighted by Crippen LogP contribution is 2.16. The van der Waals surface area contributed by atoms with Crippen molar-refractivity contribution in [3.05, 3.63) is 23.9 Å². The molecule has 1 unspecified atom stereocenters. The Morgan fingerprint density at radius 2 is 2.25 bits per heavy atom. The number of aromatic nitrogens is 1. The van der Waals surface area contributed by atoms with Crippen molar-refractivity contribution in [2.75, 3.05) is 24.0 Å². The van der Waals surface area contributed by atoms with Crippen molar-refractivity contribution in [3.8, 4) is 0 Å². The highest BCUT2D eigenvalue weighted by atomic mass is 32.2. The van der Waals surface area contributed by atoms with Gasteiger partial charge in [-0.2, -0.15) is 11.8 Å². The Labute approximate surface area is 102 Å². The van der Waals surface area contributed by atoms with Gasteiger partial charge in [-0.25, -0.2) is 4.98 Å². The third-order valence-corrected chi connectivity index (χ3v) is 3.45. The normalized spacial score (nSPS) is 12.5. The van der Waals surface area contributed by atoms with E-state index in [2.05, 4.69) is 30.1 Å². The van der Waals surface area contributed by atoms with Gasteiger partial charge in [0.2, 0.25) is 0 Å². The fraction of sp³-hybridized carbons (Fsp3) is 0.583. The number of aliphatic hydroxyl groups is 1. The molecule has 0 aliphatic heterocycles. The van der Waals surface area contributed by atoms with Crippen molar-refractivity contribution in [3.63, 3.8) is 0 Å². The standard InChI is InChI=1S/C12H20N2OS/c1-4-11(9-16-3)14(2)12-6-5-10(8-15)7-13-12/h5-7,11,15H,4,8-9H2,1-3H3. The topological polar surface area (TPSA) is 36.4 Å². The molecule has 0 aliphatic carbocycles. The summed E-state index contributed by atoms with van der Waals surface area (Å²) in [6.07, 6.45) is 4.97. The van der Waals surface area contributed by atoms with Gasteiger partial charge in [0.15, 0.2) is 0 Å². The van der Waals surface area contributed by atoms with Gasteiger partial charge < -0.3 is 10.0 Å². The monoisotopic (exact) mass is 240 g/mol. The lowest BCUT2D eigenvalue weighted by Crippen LogP contribution is -2.33. The molecule has 1 aromatic rings. The fourth-order valence-corrected chi connectivity index (χ4v) is 2.45. The summed E-state index contributed by atoms with van der Waals surface area (Å²) in [5.74, 6) is 2.08. The van der Waals surface area contributed by atoms with E-state index in [4.69, 9.17) is 5.11 Å². The first-order valence-corrected chi connectivity index (χ1v) is 6.89. The SMILES string of the molecule is CCC(CSC)N(C)c1ccc(CO)cn1. The zero-order valence-corrected chi connectivity index (χ0v) is 11.0. The summed E-state index contributed by atoms with van der Waals surface area (Å²) in [6, 6.07) is 4.40. The highest BCUT2D eigenvalue weighted by Gasteiger charge is 2.13. The van der Waals surface area contributed by atoms with Crippen LogP contribution in [0.25, 0.3) is 0 Å². The molecule has 0 saturated carbocycles. The largest absolute Gasteiger partial charge is 0.392 e. The molecule has 90 valence electrons. The Morgan fingerprint density at radius 3 is 2.69 bits per heavy atom. The maximum absolute atomic E-state index is 8.95. The molecule has 16 heavy (non-hydrogen) atoms. The second kappa shape index (κ2) is 6.76. The van der Waals surface area contributed by atoms with E-state index in [0.29, 0.717) is 6.04 Å². The summed E-state index contributed by atoms with van der Waals surface area (Å²) in [5, 5.41) is 8.95. The van der Waals surface area contributed by atoms with Crippen molar-refractivity contribution in [2.45, 2.75) is 26.0 Å². The Morgan fingerprint density at radius 1 is 1.50 bits per heavy atom. The molecule has 4 heteroatoms. The van der Waals surface area contributed by atoms with Gasteiger partial charge in [-0.05, 0) is 24.3 Å². The molecule has 1 heterocycles. The van der Waals surface area contributed by atoms with E-state index in [-0.39, 0.29) is 6.61 Å². The van der Waals surface area contributed by atoms with Crippen LogP contribution >= 0.6 is 11.8 Å². The third kappa shape index (κ3) is 3.39. The van der Waals surface area contributed by atoms with Gasteiger partial charge in [-0.15, -0.1) is 0 Å². The Kier molecular flexibility index (Phi) is 5.63. The maximum atomic E-state index is 8.95. The number of pyridine rings is 1. The van der Waals surface area contributed by atoms with Gasteiger partial charge >= 0.3 is 0 Å². The number of rotatable bonds is 6. The molecule has 0 fully saturated rings. The molecule has 0 saturated heterocycles. The Hall–Kier alpha value is -0.740. The first-order chi connectivity index (χ1) is 7.72. The number of thioether (sulfide) groups is 1. The maximum Gasteiger partial charge on any atom is 0.128 e. The van der Waals surface area contributed by atoms with E-state index < -0.39 is 0 Å². The third-order valence-electron chi connectivity index (χ3n) is 2.73. The molecule has 0 aliphatic rings. The molecular weight excluding hydrogens is 220 g/mol. The minimum atomic E-state index is 0.0546. The molecule has 1 N–H and O–H groups in total. The Balaban J connectivity index is 2.73. The molecule has 1 rings (SSSR count). The molecular formula is C12H20N2OS. The zero-order valence-electron chi connectivity index (χ0n) is 10.2. The van der Waals surface area contributed by atoms with Gasteiger partial charge in [0.1, 0.15) is 5.82 Å². The quantitative estimate of drug-likeness (QED) is 0.826. The van der Waals surface area contributed by atoms with Gasteiger partial charge in [-0.3, -0.25) is 0 Å². The number of hydrogen-bond donors (Lipinski definition) is 1. The zero-order chi connectivity index (χ0) is 12.0. The van der Waals surface area contributed by atoms with Gasteiger partial charge in [0, 0.05) is 25.0 Å². The van der Waals surface area contributed by atoms with Crippen molar-refractivity contribution in [2.24, 2.45) is 0 Å². The lowest BCUT2D eigenvalue weighted by Gasteiger charge is -2.27. The van der Waals surface area contributed by atoms with Crippen LogP contribution in [0.1, 0.15) is 18.9 Å². The summed E-state index contributed by atoms with van der Waals surface area (Å²) in [6.45, 7) is 2.25. The predicted octanol–water partition coefficient (Wildman–Crippen LogP) is 2.15. The van der Waals surface area contributed by atoms with Crippen molar-refractivity contribution >= 4 is 17.6 Å². The van der Waals surface area contributed by atoms with Crippen LogP contribution in [0.5, 0.6) is 0 Å². The van der Waals surface area contributed by atoms with Crippen LogP contribution in [0.15, 0.2) is 18.3 Å². The van der Waals surface area contributed by atoms with E-state index >= 15 is 0 Å². The molecule has 1 aromatic heterocycles. The summed E-state index contributed by atoms with van der Waals surface area (Å²) in [7, 11) is 2.07. The van der Waals surface area contributed by atoms with E-state index in [0.717, 1.165) is 23.6 Å². The van der Waals surface area contributed by atoms with E-state index in [9.17, 15) is 0 Å². The Bertz CT molecular complexity index is 302. The van der Waals surface area contributed by atoms with Crippen LogP contribution in [-0.4, -0.2) is 35.2 Å². The van der Waals surface area contributed by atoms with E-state index in [1.165, 1.54) is 0 Å². The summed E-state index contributed by atoms with van der Waals surface area (Å²) in [5.41, 5.74) is 0.857. The average molecular weight is 240 g/mol. The average Bonchev–Trinajstić information content (AvgIpc) is 2.35. The second-order valence-electron chi connectivity index (χ2n) is 3.81. The number of aliphatic hydroxyl groups excluding tert-OH is 1. The lowest BCUT2D eigenvalue weighted by molar-refractivity contribution is 0.281. The van der Waals surface area contributed by atoms with Crippen molar-refractivity contribution < 1.29 is 5.11 Å². The smallest absolute Gasteiger partial charge is 0.128 e. The first-order valence-electron chi connectivity index (χ1n) is 5.50. The van der Waals surface area contributed by atoms with E-state index in [1.807, 2.05) is 23.9 Å². The number of nitrogens with zero attached hydrogens (tertiary/aromatic N) is 2. The van der Waals surface area contributed by atoms with Crippen molar-refractivity contribution in [1.29, 1.82) is 0 Å². The van der Waals surface area contributed by atoms with Gasteiger partial charge in [-0.1, -0.05) is 13.0 Å². The van der Waals surface area contributed by atoms with Crippen LogP contribution in [0, 0.1) is 0 Å². The molecule has 1 atom stereocenters. The minimum absolute atomic E-state index is 0.0546. The summed E-state index contributed by atoms with van der Waals surface area (Å²) >= 11 is 1.86. The number of hydrogen-bond acceptors (Lipinski definition) is 4. The fourth-order valence-electron chi connectivity index (χ4n) is 1.60. The highest BCUT2D eigenvalue weighted by molar-refractivity contribution is 7.98. The molecule has 3 nitrogen and oxygen atoms in total. The number of anilines is 1. The van der Waals surface area contributed by atoms with Crippen LogP contribution in [0.3, 0.4) is 0 Å². The lowest BCUT2D eigenvalue weighted by atomic mass is 10.2. The molecule has 0 bridgehead atoms. The summed E-state index contributed by atoms with van der Waals surface area (Å²) < 4.78 is 0. The predicted molar refractivity (Wildman–Crippen MR) is 71.0 cm³/mol. The van der Waals surface area contributed by atoms with E-state index in [1.54, 1.807) is 6.20 Å². The van der Waals surface area contributed by atoms with Gasteiger partial charge in [0.25, 0.3) is 0 Å². The van der Waals surface area contributed by atoms with Crippen LogP contribution in [-0.2, 0) is 6.61 Å².